The van der Waals surface area contributed by atoms with Crippen molar-refractivity contribution in [2.45, 2.75) is 19.8 Å². The fourth-order valence-corrected chi connectivity index (χ4v) is 1.74. The highest BCUT2D eigenvalue weighted by Crippen LogP contribution is 2.12. The highest BCUT2D eigenvalue weighted by Gasteiger charge is 2.16. The number of rotatable bonds is 2. The van der Waals surface area contributed by atoms with Crippen molar-refractivity contribution in [2.24, 2.45) is 5.92 Å². The average Bonchev–Trinajstić information content (AvgIpc) is 2.19. The van der Waals surface area contributed by atoms with Crippen molar-refractivity contribution in [3.8, 4) is 11.8 Å². The van der Waals surface area contributed by atoms with Crippen molar-refractivity contribution >= 4 is 5.91 Å². The fourth-order valence-electron chi connectivity index (χ4n) is 1.74. The highest BCUT2D eigenvalue weighted by atomic mass is 16.2. The minimum absolute atomic E-state index is 0.0639. The molecule has 1 aliphatic rings. The molecule has 3 heteroatoms. The Kier molecular flexibility index (Phi) is 4.48. The lowest BCUT2D eigenvalue weighted by Crippen LogP contribution is -2.36. The van der Waals surface area contributed by atoms with Crippen LogP contribution in [0.25, 0.3) is 0 Å². The zero-order valence-electron chi connectivity index (χ0n) is 8.97. The molecule has 0 bridgehead atoms. The van der Waals surface area contributed by atoms with Gasteiger partial charge in [-0.3, -0.25) is 4.79 Å². The first-order chi connectivity index (χ1) is 6.74. The van der Waals surface area contributed by atoms with Gasteiger partial charge < -0.3 is 10.2 Å². The van der Waals surface area contributed by atoms with Crippen LogP contribution in [-0.4, -0.2) is 37.5 Å². The molecule has 1 saturated heterocycles. The number of nitrogens with zero attached hydrogens (tertiary/aromatic N) is 1. The van der Waals surface area contributed by atoms with Crippen molar-refractivity contribution in [3.63, 3.8) is 0 Å². The Morgan fingerprint density at radius 2 is 2.14 bits per heavy atom. The molecule has 0 saturated carbocycles. The number of piperidine rings is 1. The minimum atomic E-state index is -0.0639. The molecule has 0 unspecified atom stereocenters. The number of hydrogen-bond donors (Lipinski definition) is 1. The first kappa shape index (κ1) is 11.1. The van der Waals surface area contributed by atoms with Gasteiger partial charge >= 0.3 is 0 Å². The zero-order chi connectivity index (χ0) is 10.4. The van der Waals surface area contributed by atoms with Crippen LogP contribution >= 0.6 is 0 Å². The molecule has 1 fully saturated rings. The van der Waals surface area contributed by atoms with Gasteiger partial charge in [-0.15, -0.1) is 0 Å². The second-order valence-corrected chi connectivity index (χ2v) is 3.75. The van der Waals surface area contributed by atoms with E-state index in [0.29, 0.717) is 5.92 Å². The van der Waals surface area contributed by atoms with E-state index < -0.39 is 0 Å². The molecule has 1 amide bonds. The molecule has 1 N–H and O–H groups in total. The maximum absolute atomic E-state index is 11.4. The molecule has 0 spiro atoms. The molecule has 1 aliphatic heterocycles. The van der Waals surface area contributed by atoms with E-state index in [1.54, 1.807) is 11.8 Å². The first-order valence-electron chi connectivity index (χ1n) is 5.12. The van der Waals surface area contributed by atoms with Crippen molar-refractivity contribution in [1.29, 1.82) is 0 Å². The second-order valence-electron chi connectivity index (χ2n) is 3.75. The van der Waals surface area contributed by atoms with Crippen LogP contribution in [0.3, 0.4) is 0 Å². The van der Waals surface area contributed by atoms with Crippen LogP contribution in [0.15, 0.2) is 0 Å². The molecule has 14 heavy (non-hydrogen) atoms. The average molecular weight is 194 g/mol. The Morgan fingerprint density at radius 3 is 2.71 bits per heavy atom. The summed E-state index contributed by atoms with van der Waals surface area (Å²) in [6.45, 7) is 4.68. The van der Waals surface area contributed by atoms with E-state index in [4.69, 9.17) is 0 Å². The lowest BCUT2D eigenvalue weighted by Gasteiger charge is -2.26. The molecule has 0 aromatic carbocycles. The van der Waals surface area contributed by atoms with Gasteiger partial charge in [-0.1, -0.05) is 5.92 Å². The van der Waals surface area contributed by atoms with E-state index >= 15 is 0 Å². The third-order valence-electron chi connectivity index (χ3n) is 2.57. The van der Waals surface area contributed by atoms with E-state index in [1.807, 2.05) is 7.05 Å². The summed E-state index contributed by atoms with van der Waals surface area (Å²) in [6.07, 6.45) is 2.33. The number of amides is 1. The van der Waals surface area contributed by atoms with Crippen LogP contribution < -0.4 is 5.32 Å². The van der Waals surface area contributed by atoms with Crippen molar-refractivity contribution in [2.75, 3.05) is 26.7 Å². The molecule has 3 nitrogen and oxygen atoms in total. The predicted molar refractivity (Wildman–Crippen MR) is 56.7 cm³/mol. The van der Waals surface area contributed by atoms with E-state index in [2.05, 4.69) is 17.2 Å². The third kappa shape index (κ3) is 3.39. The van der Waals surface area contributed by atoms with Gasteiger partial charge in [0.1, 0.15) is 0 Å². The normalized spacial score (nSPS) is 17.0. The van der Waals surface area contributed by atoms with Gasteiger partial charge in [0.05, 0.1) is 0 Å². The van der Waals surface area contributed by atoms with Gasteiger partial charge in [-0.2, -0.15) is 0 Å². The maximum Gasteiger partial charge on any atom is 0.298 e. The van der Waals surface area contributed by atoms with Crippen molar-refractivity contribution < 1.29 is 4.79 Å². The van der Waals surface area contributed by atoms with Gasteiger partial charge in [0.25, 0.3) is 5.91 Å². The van der Waals surface area contributed by atoms with Crippen LogP contribution in [0.4, 0.5) is 0 Å². The number of nitrogens with one attached hydrogen (secondary N) is 1. The smallest absolute Gasteiger partial charge is 0.298 e. The molecule has 0 radical (unpaired) electrons. The fraction of sp³-hybridized carbons (Fsp3) is 0.727. The van der Waals surface area contributed by atoms with Crippen molar-refractivity contribution in [3.05, 3.63) is 0 Å². The van der Waals surface area contributed by atoms with Crippen LogP contribution in [0.5, 0.6) is 0 Å². The number of carbonyl (C=O) groups is 1. The Bertz CT molecular complexity index is 246. The van der Waals surface area contributed by atoms with Gasteiger partial charge in [0.2, 0.25) is 0 Å². The molecule has 78 valence electrons. The SMILES string of the molecule is CC#CC(=O)N(C)CC1CCNCC1. The van der Waals surface area contributed by atoms with Crippen LogP contribution in [-0.2, 0) is 4.79 Å². The molecule has 1 rings (SSSR count). The minimum Gasteiger partial charge on any atom is -0.335 e. The summed E-state index contributed by atoms with van der Waals surface area (Å²) in [5.41, 5.74) is 0. The number of hydrogen-bond acceptors (Lipinski definition) is 2. The molecule has 0 aliphatic carbocycles. The summed E-state index contributed by atoms with van der Waals surface area (Å²) in [5.74, 6) is 5.77. The van der Waals surface area contributed by atoms with Gasteiger partial charge in [-0.05, 0) is 44.7 Å². The van der Waals surface area contributed by atoms with Gasteiger partial charge in [0.15, 0.2) is 0 Å². The van der Waals surface area contributed by atoms with Gasteiger partial charge in [-0.25, -0.2) is 0 Å². The summed E-state index contributed by atoms with van der Waals surface area (Å²) in [5, 5.41) is 3.31. The predicted octanol–water partition coefficient (Wildman–Crippen LogP) is 0.468. The molecule has 0 aromatic heterocycles. The summed E-state index contributed by atoms with van der Waals surface area (Å²) in [7, 11) is 1.83. The molecule has 0 atom stereocenters. The Morgan fingerprint density at radius 1 is 1.50 bits per heavy atom. The van der Waals surface area contributed by atoms with Crippen molar-refractivity contribution in [1.82, 2.24) is 10.2 Å². The largest absolute Gasteiger partial charge is 0.335 e. The van der Waals surface area contributed by atoms with E-state index in [9.17, 15) is 4.79 Å². The summed E-state index contributed by atoms with van der Waals surface area (Å²) < 4.78 is 0. The quantitative estimate of drug-likeness (QED) is 0.648. The molecule has 0 aromatic rings. The van der Waals surface area contributed by atoms with Crippen LogP contribution in [0.2, 0.25) is 0 Å². The van der Waals surface area contributed by atoms with Gasteiger partial charge in [0, 0.05) is 13.6 Å². The molecular weight excluding hydrogens is 176 g/mol. The van der Waals surface area contributed by atoms with Crippen LogP contribution in [0, 0.1) is 17.8 Å². The third-order valence-corrected chi connectivity index (χ3v) is 2.57. The standard InChI is InChI=1S/C11H18N2O/c1-3-4-11(14)13(2)9-10-5-7-12-8-6-10/h10,12H,5-9H2,1-2H3. The summed E-state index contributed by atoms with van der Waals surface area (Å²) in [6, 6.07) is 0. The molecular formula is C11H18N2O. The lowest BCUT2D eigenvalue weighted by atomic mass is 9.98. The first-order valence-corrected chi connectivity index (χ1v) is 5.12. The summed E-state index contributed by atoms with van der Waals surface area (Å²) >= 11 is 0. The highest BCUT2D eigenvalue weighted by molar-refractivity contribution is 5.93. The monoisotopic (exact) mass is 194 g/mol. The lowest BCUT2D eigenvalue weighted by molar-refractivity contribution is -0.124. The van der Waals surface area contributed by atoms with E-state index in [1.165, 1.54) is 0 Å². The van der Waals surface area contributed by atoms with E-state index in [-0.39, 0.29) is 5.91 Å². The zero-order valence-corrected chi connectivity index (χ0v) is 8.97. The Balaban J connectivity index is 2.33. The summed E-state index contributed by atoms with van der Waals surface area (Å²) in [4.78, 5) is 13.1. The van der Waals surface area contributed by atoms with Crippen LogP contribution in [0.1, 0.15) is 19.8 Å². The maximum atomic E-state index is 11.4. The van der Waals surface area contributed by atoms with E-state index in [0.717, 1.165) is 32.5 Å². The molecule has 1 heterocycles. The second kappa shape index (κ2) is 5.66. The number of carbonyl (C=O) groups excluding carboxylic acids is 1. The topological polar surface area (TPSA) is 32.3 Å². The Hall–Kier alpha value is -1.01. The Labute approximate surface area is 85.9 Å².